The standard InChI is InChI=1S/C12H21NO2/c1-4-5-6-7-12(2)8-10(14)13(3)11(15)9-12/h4-9H2,1-3H3. The third-order valence-electron chi connectivity index (χ3n) is 3.29. The predicted molar refractivity (Wildman–Crippen MR) is 59.3 cm³/mol. The van der Waals surface area contributed by atoms with E-state index in [-0.39, 0.29) is 17.2 Å². The van der Waals surface area contributed by atoms with Crippen LogP contribution in [-0.2, 0) is 9.59 Å². The Hall–Kier alpha value is -0.860. The zero-order valence-corrected chi connectivity index (χ0v) is 10.0. The average Bonchev–Trinajstić information content (AvgIpc) is 2.14. The lowest BCUT2D eigenvalue weighted by Crippen LogP contribution is -2.44. The normalized spacial score (nSPS) is 20.9. The Bertz CT molecular complexity index is 242. The largest absolute Gasteiger partial charge is 0.286 e. The second-order valence-electron chi connectivity index (χ2n) is 4.97. The van der Waals surface area contributed by atoms with Crippen LogP contribution in [-0.4, -0.2) is 23.8 Å². The van der Waals surface area contributed by atoms with Gasteiger partial charge in [-0.3, -0.25) is 14.5 Å². The molecule has 1 aliphatic heterocycles. The van der Waals surface area contributed by atoms with E-state index in [4.69, 9.17) is 0 Å². The maximum Gasteiger partial charge on any atom is 0.229 e. The Morgan fingerprint density at radius 3 is 2.20 bits per heavy atom. The van der Waals surface area contributed by atoms with E-state index in [1.54, 1.807) is 7.05 Å². The van der Waals surface area contributed by atoms with Crippen LogP contribution in [0.25, 0.3) is 0 Å². The molecular formula is C12H21NO2. The quantitative estimate of drug-likeness (QED) is 0.529. The molecule has 0 bridgehead atoms. The monoisotopic (exact) mass is 211 g/mol. The Balaban J connectivity index is 2.54. The fourth-order valence-electron chi connectivity index (χ4n) is 2.15. The van der Waals surface area contributed by atoms with Crippen LogP contribution < -0.4 is 0 Å². The number of amides is 2. The first-order valence-corrected chi connectivity index (χ1v) is 5.78. The molecule has 0 unspecified atom stereocenters. The summed E-state index contributed by atoms with van der Waals surface area (Å²) in [4.78, 5) is 24.4. The van der Waals surface area contributed by atoms with Crippen molar-refractivity contribution in [3.63, 3.8) is 0 Å². The molecule has 15 heavy (non-hydrogen) atoms. The van der Waals surface area contributed by atoms with Crippen LogP contribution in [0.4, 0.5) is 0 Å². The van der Waals surface area contributed by atoms with Crippen LogP contribution in [0.5, 0.6) is 0 Å². The van der Waals surface area contributed by atoms with E-state index in [0.717, 1.165) is 12.8 Å². The number of rotatable bonds is 4. The van der Waals surface area contributed by atoms with Crippen LogP contribution in [0, 0.1) is 5.41 Å². The number of hydrogen-bond donors (Lipinski definition) is 0. The number of carbonyl (C=O) groups is 2. The van der Waals surface area contributed by atoms with Gasteiger partial charge in [0.25, 0.3) is 0 Å². The summed E-state index contributed by atoms with van der Waals surface area (Å²) in [5, 5.41) is 0. The number of piperidine rings is 1. The van der Waals surface area contributed by atoms with E-state index in [1.165, 1.54) is 17.7 Å². The molecule has 0 aromatic carbocycles. The summed E-state index contributed by atoms with van der Waals surface area (Å²) in [6.45, 7) is 4.22. The van der Waals surface area contributed by atoms with Crippen molar-refractivity contribution < 1.29 is 9.59 Å². The van der Waals surface area contributed by atoms with E-state index in [1.807, 2.05) is 0 Å². The first kappa shape index (κ1) is 12.2. The second-order valence-corrected chi connectivity index (χ2v) is 4.97. The molecule has 0 aromatic heterocycles. The Morgan fingerprint density at radius 1 is 1.20 bits per heavy atom. The molecule has 0 aliphatic carbocycles. The topological polar surface area (TPSA) is 37.4 Å². The molecule has 0 radical (unpaired) electrons. The maximum atomic E-state index is 11.6. The first-order valence-electron chi connectivity index (χ1n) is 5.78. The van der Waals surface area contributed by atoms with Crippen molar-refractivity contribution in [2.75, 3.05) is 7.05 Å². The fraction of sp³-hybridized carbons (Fsp3) is 0.833. The first-order chi connectivity index (χ1) is 6.98. The fourth-order valence-corrected chi connectivity index (χ4v) is 2.15. The van der Waals surface area contributed by atoms with Crippen LogP contribution in [0.1, 0.15) is 52.4 Å². The number of hydrogen-bond acceptors (Lipinski definition) is 2. The molecule has 1 saturated heterocycles. The molecular weight excluding hydrogens is 190 g/mol. The minimum absolute atomic E-state index is 0.0229. The van der Waals surface area contributed by atoms with Gasteiger partial charge >= 0.3 is 0 Å². The highest BCUT2D eigenvalue weighted by molar-refractivity contribution is 5.98. The lowest BCUT2D eigenvalue weighted by Gasteiger charge is -2.35. The van der Waals surface area contributed by atoms with Gasteiger partial charge < -0.3 is 0 Å². The van der Waals surface area contributed by atoms with Crippen LogP contribution >= 0.6 is 0 Å². The summed E-state index contributed by atoms with van der Waals surface area (Å²) in [5.74, 6) is -0.0458. The third kappa shape index (κ3) is 3.05. The van der Waals surface area contributed by atoms with Gasteiger partial charge in [0.2, 0.25) is 11.8 Å². The summed E-state index contributed by atoms with van der Waals surface area (Å²) in [5.41, 5.74) is -0.0875. The number of carbonyl (C=O) groups excluding carboxylic acids is 2. The number of nitrogens with zero attached hydrogens (tertiary/aromatic N) is 1. The average molecular weight is 211 g/mol. The summed E-state index contributed by atoms with van der Waals surface area (Å²) in [6, 6.07) is 0. The molecule has 3 nitrogen and oxygen atoms in total. The van der Waals surface area contributed by atoms with Gasteiger partial charge in [-0.2, -0.15) is 0 Å². The Morgan fingerprint density at radius 2 is 1.73 bits per heavy atom. The van der Waals surface area contributed by atoms with E-state index in [2.05, 4.69) is 13.8 Å². The van der Waals surface area contributed by atoms with Gasteiger partial charge in [0.05, 0.1) is 0 Å². The lowest BCUT2D eigenvalue weighted by atomic mass is 9.76. The maximum absolute atomic E-state index is 11.6. The smallest absolute Gasteiger partial charge is 0.229 e. The van der Waals surface area contributed by atoms with Crippen LogP contribution in [0.3, 0.4) is 0 Å². The number of likely N-dealkylation sites (tertiary alicyclic amines) is 1. The molecule has 0 atom stereocenters. The van der Waals surface area contributed by atoms with Gasteiger partial charge in [-0.25, -0.2) is 0 Å². The highest BCUT2D eigenvalue weighted by Gasteiger charge is 2.38. The van der Waals surface area contributed by atoms with Crippen molar-refractivity contribution in [2.24, 2.45) is 5.41 Å². The van der Waals surface area contributed by atoms with Crippen molar-refractivity contribution in [1.29, 1.82) is 0 Å². The number of unbranched alkanes of at least 4 members (excludes halogenated alkanes) is 2. The molecule has 3 heteroatoms. The van der Waals surface area contributed by atoms with Gasteiger partial charge in [0, 0.05) is 19.9 Å². The van der Waals surface area contributed by atoms with Gasteiger partial charge in [0.15, 0.2) is 0 Å². The summed E-state index contributed by atoms with van der Waals surface area (Å²) in [6.07, 6.45) is 5.53. The molecule has 0 spiro atoms. The molecule has 0 aromatic rings. The zero-order valence-electron chi connectivity index (χ0n) is 10.0. The van der Waals surface area contributed by atoms with Crippen molar-refractivity contribution in [1.82, 2.24) is 4.90 Å². The highest BCUT2D eigenvalue weighted by Crippen LogP contribution is 2.36. The van der Waals surface area contributed by atoms with E-state index < -0.39 is 0 Å². The second kappa shape index (κ2) is 4.77. The minimum Gasteiger partial charge on any atom is -0.286 e. The summed E-state index contributed by atoms with van der Waals surface area (Å²) >= 11 is 0. The van der Waals surface area contributed by atoms with Crippen LogP contribution in [0.15, 0.2) is 0 Å². The predicted octanol–water partition coefficient (Wildman–Crippen LogP) is 2.35. The SMILES string of the molecule is CCCCCC1(C)CC(=O)N(C)C(=O)C1. The molecule has 1 aliphatic rings. The molecule has 1 heterocycles. The number of imide groups is 1. The van der Waals surface area contributed by atoms with Crippen molar-refractivity contribution >= 4 is 11.8 Å². The lowest BCUT2D eigenvalue weighted by molar-refractivity contribution is -0.151. The zero-order chi connectivity index (χ0) is 11.5. The van der Waals surface area contributed by atoms with Crippen molar-refractivity contribution in [3.8, 4) is 0 Å². The molecule has 0 N–H and O–H groups in total. The Kier molecular flexibility index (Phi) is 3.89. The van der Waals surface area contributed by atoms with Crippen molar-refractivity contribution in [3.05, 3.63) is 0 Å². The minimum atomic E-state index is -0.0875. The van der Waals surface area contributed by atoms with Gasteiger partial charge in [-0.15, -0.1) is 0 Å². The highest BCUT2D eigenvalue weighted by atomic mass is 16.2. The Labute approximate surface area is 91.8 Å². The molecule has 2 amide bonds. The van der Waals surface area contributed by atoms with Gasteiger partial charge in [-0.1, -0.05) is 33.1 Å². The molecule has 0 saturated carbocycles. The van der Waals surface area contributed by atoms with Gasteiger partial charge in [-0.05, 0) is 11.8 Å². The summed E-state index contributed by atoms with van der Waals surface area (Å²) in [7, 11) is 1.58. The van der Waals surface area contributed by atoms with E-state index in [9.17, 15) is 9.59 Å². The molecule has 86 valence electrons. The van der Waals surface area contributed by atoms with E-state index in [0.29, 0.717) is 12.8 Å². The van der Waals surface area contributed by atoms with Crippen LogP contribution in [0.2, 0.25) is 0 Å². The summed E-state index contributed by atoms with van der Waals surface area (Å²) < 4.78 is 0. The molecule has 1 fully saturated rings. The molecule has 1 rings (SSSR count). The van der Waals surface area contributed by atoms with Crippen molar-refractivity contribution in [2.45, 2.75) is 52.4 Å². The van der Waals surface area contributed by atoms with Gasteiger partial charge in [0.1, 0.15) is 0 Å². The third-order valence-corrected chi connectivity index (χ3v) is 3.29. The van der Waals surface area contributed by atoms with E-state index >= 15 is 0 Å².